The first-order chi connectivity index (χ1) is 15.0. The normalized spacial score (nSPS) is 10.9. The summed E-state index contributed by atoms with van der Waals surface area (Å²) in [6.45, 7) is -0.501. The molecule has 0 fully saturated rings. The van der Waals surface area contributed by atoms with E-state index in [4.69, 9.17) is 20.8 Å². The Balaban J connectivity index is 1.60. The van der Waals surface area contributed by atoms with Crippen LogP contribution < -0.4 is 10.6 Å². The van der Waals surface area contributed by atoms with Gasteiger partial charge in [-0.15, -0.1) is 0 Å². The second-order valence-corrected chi connectivity index (χ2v) is 6.80. The molecule has 0 radical (unpaired) electrons. The number of halogens is 1. The number of carbonyl (C=O) groups is 3. The summed E-state index contributed by atoms with van der Waals surface area (Å²) < 4.78 is 10.2. The number of urea groups is 1. The van der Waals surface area contributed by atoms with E-state index in [1.165, 1.54) is 6.26 Å². The van der Waals surface area contributed by atoms with Crippen molar-refractivity contribution in [2.75, 3.05) is 6.61 Å². The summed E-state index contributed by atoms with van der Waals surface area (Å²) >= 11 is 5.93. The van der Waals surface area contributed by atoms with Crippen molar-refractivity contribution in [3.63, 3.8) is 0 Å². The van der Waals surface area contributed by atoms with Gasteiger partial charge in [0.1, 0.15) is 5.76 Å². The Labute approximate surface area is 183 Å². The molecular weight excluding hydrogens is 420 g/mol. The smallest absolute Gasteiger partial charge is 0.339 e. The number of hydrogen-bond acceptors (Lipinski definition) is 5. The number of ether oxygens (including phenoxy) is 1. The molecule has 1 heterocycles. The molecule has 3 amide bonds. The van der Waals surface area contributed by atoms with E-state index < -0.39 is 24.5 Å². The highest BCUT2D eigenvalue weighted by Gasteiger charge is 2.17. The molecular formula is C23H19ClN2O5. The lowest BCUT2D eigenvalue weighted by atomic mass is 10.0. The topological polar surface area (TPSA) is 97.6 Å². The van der Waals surface area contributed by atoms with Gasteiger partial charge in [0.25, 0.3) is 5.91 Å². The molecule has 31 heavy (non-hydrogen) atoms. The van der Waals surface area contributed by atoms with Crippen molar-refractivity contribution in [1.29, 1.82) is 0 Å². The minimum absolute atomic E-state index is 0.117. The third-order valence-electron chi connectivity index (χ3n) is 4.08. The van der Waals surface area contributed by atoms with Crippen LogP contribution in [0.3, 0.4) is 0 Å². The van der Waals surface area contributed by atoms with Gasteiger partial charge in [0.15, 0.2) is 6.61 Å². The largest absolute Gasteiger partial charge is 0.467 e. The fourth-order valence-electron chi connectivity index (χ4n) is 2.60. The molecule has 3 aromatic rings. The quantitative estimate of drug-likeness (QED) is 0.329. The highest BCUT2D eigenvalue weighted by molar-refractivity contribution is 6.30. The van der Waals surface area contributed by atoms with Crippen molar-refractivity contribution < 1.29 is 23.5 Å². The molecule has 0 aliphatic carbocycles. The monoisotopic (exact) mass is 438 g/mol. The van der Waals surface area contributed by atoms with Crippen molar-refractivity contribution in [3.8, 4) is 0 Å². The molecule has 0 atom stereocenters. The molecule has 2 aromatic carbocycles. The van der Waals surface area contributed by atoms with Crippen LogP contribution in [0, 0.1) is 0 Å². The Morgan fingerprint density at radius 3 is 2.39 bits per heavy atom. The number of amides is 3. The fraction of sp³-hybridized carbons (Fsp3) is 0.0870. The van der Waals surface area contributed by atoms with Crippen LogP contribution in [0.25, 0.3) is 11.6 Å². The second-order valence-electron chi connectivity index (χ2n) is 6.36. The Bertz CT molecular complexity index is 1060. The van der Waals surface area contributed by atoms with Gasteiger partial charge in [-0.25, -0.2) is 9.59 Å². The molecule has 0 aliphatic rings. The maximum Gasteiger partial charge on any atom is 0.339 e. The van der Waals surface area contributed by atoms with Crippen molar-refractivity contribution >= 4 is 41.2 Å². The van der Waals surface area contributed by atoms with E-state index >= 15 is 0 Å². The Hall–Kier alpha value is -3.84. The van der Waals surface area contributed by atoms with E-state index in [1.54, 1.807) is 42.5 Å². The molecule has 3 rings (SSSR count). The maximum atomic E-state index is 12.7. The lowest BCUT2D eigenvalue weighted by molar-refractivity contribution is -0.142. The third kappa shape index (κ3) is 6.87. The van der Waals surface area contributed by atoms with Gasteiger partial charge in [0.05, 0.1) is 18.4 Å². The van der Waals surface area contributed by atoms with Crippen molar-refractivity contribution in [2.45, 2.75) is 6.54 Å². The van der Waals surface area contributed by atoms with E-state index in [1.807, 2.05) is 30.3 Å². The zero-order valence-electron chi connectivity index (χ0n) is 16.3. The number of benzene rings is 2. The van der Waals surface area contributed by atoms with Crippen LogP contribution in [-0.4, -0.2) is 24.5 Å². The Morgan fingerprint density at radius 1 is 0.968 bits per heavy atom. The van der Waals surface area contributed by atoms with E-state index in [-0.39, 0.29) is 12.1 Å². The predicted octanol–water partition coefficient (Wildman–Crippen LogP) is 4.04. The van der Waals surface area contributed by atoms with Crippen LogP contribution in [0.2, 0.25) is 5.02 Å². The number of esters is 1. The van der Waals surface area contributed by atoms with Crippen molar-refractivity contribution in [1.82, 2.24) is 10.6 Å². The third-order valence-corrected chi connectivity index (χ3v) is 4.33. The van der Waals surface area contributed by atoms with Crippen LogP contribution in [0.4, 0.5) is 4.79 Å². The number of hydrogen-bond donors (Lipinski definition) is 2. The molecule has 0 saturated heterocycles. The Kier molecular flexibility index (Phi) is 7.61. The first kappa shape index (κ1) is 21.9. The minimum Gasteiger partial charge on any atom is -0.467 e. The van der Waals surface area contributed by atoms with Crippen LogP contribution in [0.5, 0.6) is 0 Å². The maximum absolute atomic E-state index is 12.7. The van der Waals surface area contributed by atoms with Crippen LogP contribution >= 0.6 is 11.6 Å². The van der Waals surface area contributed by atoms with Gasteiger partial charge in [-0.2, -0.15) is 0 Å². The minimum atomic E-state index is -0.763. The van der Waals surface area contributed by atoms with Crippen LogP contribution in [-0.2, 0) is 20.9 Å². The molecule has 7 nitrogen and oxygen atoms in total. The van der Waals surface area contributed by atoms with Gasteiger partial charge < -0.3 is 14.5 Å². The standard InChI is InChI=1S/C23H19ClN2O5/c24-18-10-8-17(9-11-18)20(13-16-5-2-1-3-6-16)22(28)31-15-21(27)26-23(29)25-14-19-7-4-12-30-19/h1-13H,14-15H2,(H2,25,26,27,29)/b20-13+. The second kappa shape index (κ2) is 10.8. The van der Waals surface area contributed by atoms with E-state index in [9.17, 15) is 14.4 Å². The van der Waals surface area contributed by atoms with Crippen molar-refractivity contribution in [2.24, 2.45) is 0 Å². The summed E-state index contributed by atoms with van der Waals surface area (Å²) in [7, 11) is 0. The molecule has 0 unspecified atom stereocenters. The first-order valence-electron chi connectivity index (χ1n) is 9.31. The van der Waals surface area contributed by atoms with E-state index in [2.05, 4.69) is 10.6 Å². The summed E-state index contributed by atoms with van der Waals surface area (Å²) in [5.41, 5.74) is 1.61. The van der Waals surface area contributed by atoms with Crippen molar-refractivity contribution in [3.05, 3.63) is 94.9 Å². The Morgan fingerprint density at radius 2 is 1.71 bits per heavy atom. The summed E-state index contributed by atoms with van der Waals surface area (Å²) in [4.78, 5) is 36.4. The molecule has 0 bridgehead atoms. The lowest BCUT2D eigenvalue weighted by Crippen LogP contribution is -2.41. The molecule has 2 N–H and O–H groups in total. The molecule has 0 aliphatic heterocycles. The SMILES string of the molecule is O=C(COC(=O)/C(=C/c1ccccc1)c1ccc(Cl)cc1)NC(=O)NCc1ccco1. The van der Waals surface area contributed by atoms with E-state index in [0.29, 0.717) is 16.3 Å². The fourth-order valence-corrected chi connectivity index (χ4v) is 2.73. The molecule has 8 heteroatoms. The number of nitrogens with one attached hydrogen (secondary N) is 2. The van der Waals surface area contributed by atoms with E-state index in [0.717, 1.165) is 5.56 Å². The van der Waals surface area contributed by atoms with Crippen LogP contribution in [0.15, 0.2) is 77.4 Å². The van der Waals surface area contributed by atoms with Gasteiger partial charge in [-0.1, -0.05) is 54.1 Å². The van der Waals surface area contributed by atoms with Gasteiger partial charge in [-0.3, -0.25) is 10.1 Å². The van der Waals surface area contributed by atoms with Crippen LogP contribution in [0.1, 0.15) is 16.9 Å². The number of furan rings is 1. The lowest BCUT2D eigenvalue weighted by Gasteiger charge is -2.10. The molecule has 158 valence electrons. The van der Waals surface area contributed by atoms with Gasteiger partial charge in [0, 0.05) is 5.02 Å². The number of rotatable bonds is 7. The summed E-state index contributed by atoms with van der Waals surface area (Å²) in [6.07, 6.45) is 3.13. The highest BCUT2D eigenvalue weighted by Crippen LogP contribution is 2.22. The predicted molar refractivity (Wildman–Crippen MR) is 116 cm³/mol. The molecule has 1 aromatic heterocycles. The van der Waals surface area contributed by atoms with Gasteiger partial charge in [-0.05, 0) is 41.5 Å². The summed E-state index contributed by atoms with van der Waals surface area (Å²) in [5, 5.41) is 5.07. The van der Waals surface area contributed by atoms with Gasteiger partial charge >= 0.3 is 12.0 Å². The average Bonchev–Trinajstić information content (AvgIpc) is 3.30. The average molecular weight is 439 g/mol. The summed E-state index contributed by atoms with van der Waals surface area (Å²) in [5.74, 6) is -0.939. The zero-order valence-corrected chi connectivity index (χ0v) is 17.1. The molecule has 0 saturated carbocycles. The van der Waals surface area contributed by atoms with Gasteiger partial charge in [0.2, 0.25) is 0 Å². The molecule has 0 spiro atoms. The first-order valence-corrected chi connectivity index (χ1v) is 9.69. The summed E-state index contributed by atoms with van der Waals surface area (Å²) in [6, 6.07) is 18.5. The highest BCUT2D eigenvalue weighted by atomic mass is 35.5. The number of imide groups is 1. The number of carbonyl (C=O) groups excluding carboxylic acids is 3. The zero-order chi connectivity index (χ0) is 22.1.